The average Bonchev–Trinajstić information content (AvgIpc) is 2.26. The number of nitrogens with zero attached hydrogens (tertiary/aromatic N) is 1. The molecule has 0 spiro atoms. The van der Waals surface area contributed by atoms with Gasteiger partial charge in [0.05, 0.1) is 10.6 Å². The topological polar surface area (TPSA) is 70.0 Å². The van der Waals surface area contributed by atoms with Crippen LogP contribution in [0.3, 0.4) is 0 Å². The van der Waals surface area contributed by atoms with Gasteiger partial charge in [-0.2, -0.15) is 5.26 Å². The molecule has 1 aliphatic carbocycles. The predicted octanol–water partition coefficient (Wildman–Crippen LogP) is 2.29. The molecule has 0 atom stereocenters. The summed E-state index contributed by atoms with van der Waals surface area (Å²) < 4.78 is 26.9. The standard InChI is InChI=1S/C12H13ClN2O2S/c1-8-5-10(6-8)15-18(16,17)11-4-2-3-9(7-14)12(11)13/h2-4,8,10,15H,5-6H2,1H3. The lowest BCUT2D eigenvalue weighted by atomic mass is 9.83. The average molecular weight is 285 g/mol. The van der Waals surface area contributed by atoms with Crippen LogP contribution >= 0.6 is 11.6 Å². The summed E-state index contributed by atoms with van der Waals surface area (Å²) in [5.41, 5.74) is 0.168. The Kier molecular flexibility index (Phi) is 3.62. The van der Waals surface area contributed by atoms with Crippen LogP contribution in [-0.2, 0) is 10.0 Å². The Morgan fingerprint density at radius 1 is 1.44 bits per heavy atom. The van der Waals surface area contributed by atoms with E-state index in [0.717, 1.165) is 12.8 Å². The molecule has 0 amide bonds. The van der Waals surface area contributed by atoms with E-state index in [1.54, 1.807) is 0 Å². The lowest BCUT2D eigenvalue weighted by molar-refractivity contribution is 0.270. The molecule has 1 aliphatic rings. The monoisotopic (exact) mass is 284 g/mol. The van der Waals surface area contributed by atoms with Crippen LogP contribution in [0, 0.1) is 17.2 Å². The van der Waals surface area contributed by atoms with Gasteiger partial charge in [0.15, 0.2) is 0 Å². The van der Waals surface area contributed by atoms with E-state index in [4.69, 9.17) is 16.9 Å². The number of rotatable bonds is 3. The number of benzene rings is 1. The first-order valence-corrected chi connectivity index (χ1v) is 7.51. The van der Waals surface area contributed by atoms with E-state index in [0.29, 0.717) is 5.92 Å². The van der Waals surface area contributed by atoms with Crippen molar-refractivity contribution in [2.75, 3.05) is 0 Å². The van der Waals surface area contributed by atoms with Gasteiger partial charge in [0.1, 0.15) is 11.0 Å². The largest absolute Gasteiger partial charge is 0.242 e. The molecule has 0 saturated heterocycles. The molecule has 6 heteroatoms. The van der Waals surface area contributed by atoms with Crippen molar-refractivity contribution in [1.29, 1.82) is 5.26 Å². The number of halogens is 1. The molecule has 1 aromatic carbocycles. The van der Waals surface area contributed by atoms with Crippen molar-refractivity contribution in [3.63, 3.8) is 0 Å². The van der Waals surface area contributed by atoms with Crippen LogP contribution in [0.5, 0.6) is 0 Å². The van der Waals surface area contributed by atoms with Crippen LogP contribution in [0.4, 0.5) is 0 Å². The maximum atomic E-state index is 12.1. The van der Waals surface area contributed by atoms with E-state index in [2.05, 4.69) is 11.6 Å². The van der Waals surface area contributed by atoms with Crippen molar-refractivity contribution in [2.24, 2.45) is 5.92 Å². The van der Waals surface area contributed by atoms with Crippen LogP contribution in [0.15, 0.2) is 23.1 Å². The van der Waals surface area contributed by atoms with Crippen molar-refractivity contribution in [2.45, 2.75) is 30.7 Å². The Balaban J connectivity index is 2.28. The first kappa shape index (κ1) is 13.3. The Morgan fingerprint density at radius 2 is 2.11 bits per heavy atom. The zero-order valence-electron chi connectivity index (χ0n) is 9.85. The summed E-state index contributed by atoms with van der Waals surface area (Å²) in [6.45, 7) is 2.08. The number of sulfonamides is 1. The molecule has 18 heavy (non-hydrogen) atoms. The SMILES string of the molecule is CC1CC(NS(=O)(=O)c2cccc(C#N)c2Cl)C1. The molecule has 0 bridgehead atoms. The van der Waals surface area contributed by atoms with Gasteiger partial charge in [0, 0.05) is 6.04 Å². The molecular formula is C12H13ClN2O2S. The summed E-state index contributed by atoms with van der Waals surface area (Å²) in [5.74, 6) is 0.554. The lowest BCUT2D eigenvalue weighted by Gasteiger charge is -2.32. The van der Waals surface area contributed by atoms with Crippen LogP contribution in [0.25, 0.3) is 0 Å². The molecule has 0 unspecified atom stereocenters. The zero-order valence-corrected chi connectivity index (χ0v) is 11.4. The first-order valence-electron chi connectivity index (χ1n) is 5.65. The molecule has 0 aromatic heterocycles. The quantitative estimate of drug-likeness (QED) is 0.926. The van der Waals surface area contributed by atoms with Crippen molar-refractivity contribution in [3.05, 3.63) is 28.8 Å². The second-order valence-electron chi connectivity index (χ2n) is 4.62. The van der Waals surface area contributed by atoms with Gasteiger partial charge >= 0.3 is 0 Å². The van der Waals surface area contributed by atoms with Crippen molar-refractivity contribution < 1.29 is 8.42 Å². The molecule has 0 aliphatic heterocycles. The van der Waals surface area contributed by atoms with Gasteiger partial charge in [0.2, 0.25) is 10.0 Å². The van der Waals surface area contributed by atoms with Gasteiger partial charge in [-0.3, -0.25) is 0 Å². The van der Waals surface area contributed by atoms with Crippen LogP contribution < -0.4 is 4.72 Å². The molecule has 0 heterocycles. The molecule has 1 N–H and O–H groups in total. The van der Waals surface area contributed by atoms with E-state index < -0.39 is 10.0 Å². The molecule has 96 valence electrons. The van der Waals surface area contributed by atoms with Crippen molar-refractivity contribution in [3.8, 4) is 6.07 Å². The minimum absolute atomic E-state index is 0.0140. The lowest BCUT2D eigenvalue weighted by Crippen LogP contribution is -2.43. The van der Waals surface area contributed by atoms with E-state index in [1.807, 2.05) is 6.07 Å². The van der Waals surface area contributed by atoms with Gasteiger partial charge in [-0.1, -0.05) is 24.6 Å². The third kappa shape index (κ3) is 2.51. The highest BCUT2D eigenvalue weighted by Crippen LogP contribution is 2.30. The van der Waals surface area contributed by atoms with E-state index in [-0.39, 0.29) is 21.5 Å². The van der Waals surface area contributed by atoms with Crippen LogP contribution in [0.2, 0.25) is 5.02 Å². The summed E-state index contributed by atoms with van der Waals surface area (Å²) in [7, 11) is -3.64. The first-order chi connectivity index (χ1) is 8.44. The Bertz CT molecular complexity index is 601. The Morgan fingerprint density at radius 3 is 2.67 bits per heavy atom. The molecule has 1 saturated carbocycles. The fraction of sp³-hybridized carbons (Fsp3) is 0.417. The summed E-state index contributed by atoms with van der Waals surface area (Å²) in [6.07, 6.45) is 1.68. The van der Waals surface area contributed by atoms with E-state index >= 15 is 0 Å². The van der Waals surface area contributed by atoms with E-state index in [1.165, 1.54) is 18.2 Å². The molecule has 2 rings (SSSR count). The third-order valence-corrected chi connectivity index (χ3v) is 5.15. The molecule has 0 radical (unpaired) electrons. The maximum absolute atomic E-state index is 12.1. The zero-order chi connectivity index (χ0) is 13.3. The highest BCUT2D eigenvalue weighted by atomic mass is 35.5. The fourth-order valence-corrected chi connectivity index (χ4v) is 3.92. The molecule has 1 fully saturated rings. The number of hydrogen-bond acceptors (Lipinski definition) is 3. The second-order valence-corrected chi connectivity index (χ2v) is 6.68. The van der Waals surface area contributed by atoms with Crippen LogP contribution in [-0.4, -0.2) is 14.5 Å². The van der Waals surface area contributed by atoms with Gasteiger partial charge in [-0.05, 0) is 30.9 Å². The molecular weight excluding hydrogens is 272 g/mol. The third-order valence-electron chi connectivity index (χ3n) is 3.07. The summed E-state index contributed by atoms with van der Waals surface area (Å²) in [4.78, 5) is -0.0252. The number of nitrogens with one attached hydrogen (secondary N) is 1. The van der Waals surface area contributed by atoms with Crippen LogP contribution in [0.1, 0.15) is 25.3 Å². The molecule has 4 nitrogen and oxygen atoms in total. The van der Waals surface area contributed by atoms with Gasteiger partial charge in [-0.25, -0.2) is 13.1 Å². The maximum Gasteiger partial charge on any atom is 0.242 e. The van der Waals surface area contributed by atoms with Crippen molar-refractivity contribution >= 4 is 21.6 Å². The summed E-state index contributed by atoms with van der Waals surface area (Å²) >= 11 is 5.93. The Hall–Kier alpha value is -1.09. The van der Waals surface area contributed by atoms with Gasteiger partial charge in [-0.15, -0.1) is 0 Å². The minimum Gasteiger partial charge on any atom is -0.208 e. The Labute approximate surface area is 112 Å². The molecule has 1 aromatic rings. The van der Waals surface area contributed by atoms with Gasteiger partial charge in [0.25, 0.3) is 0 Å². The predicted molar refractivity (Wildman–Crippen MR) is 68.7 cm³/mol. The van der Waals surface area contributed by atoms with E-state index in [9.17, 15) is 8.42 Å². The van der Waals surface area contributed by atoms with Crippen molar-refractivity contribution in [1.82, 2.24) is 4.72 Å². The fourth-order valence-electron chi connectivity index (χ4n) is 2.09. The van der Waals surface area contributed by atoms with Gasteiger partial charge < -0.3 is 0 Å². The normalized spacial score (nSPS) is 23.2. The minimum atomic E-state index is -3.64. The summed E-state index contributed by atoms with van der Waals surface area (Å²) in [5, 5.41) is 8.82. The summed E-state index contributed by atoms with van der Waals surface area (Å²) in [6, 6.07) is 6.27. The highest BCUT2D eigenvalue weighted by Gasteiger charge is 2.31. The number of nitriles is 1. The number of hydrogen-bond donors (Lipinski definition) is 1. The second kappa shape index (κ2) is 4.88. The smallest absolute Gasteiger partial charge is 0.208 e. The highest BCUT2D eigenvalue weighted by molar-refractivity contribution is 7.89.